The molecule has 3 atom stereocenters. The Labute approximate surface area is 138 Å². The first-order valence-corrected chi connectivity index (χ1v) is 8.19. The Morgan fingerprint density at radius 3 is 2.48 bits per heavy atom. The van der Waals surface area contributed by atoms with E-state index in [9.17, 15) is 9.59 Å². The van der Waals surface area contributed by atoms with Gasteiger partial charge in [0.05, 0.1) is 6.10 Å². The quantitative estimate of drug-likeness (QED) is 0.415. The van der Waals surface area contributed by atoms with E-state index in [0.717, 1.165) is 19.3 Å². The minimum atomic E-state index is -0.992. The number of ketones is 1. The van der Waals surface area contributed by atoms with Gasteiger partial charge in [0, 0.05) is 24.3 Å². The van der Waals surface area contributed by atoms with Crippen LogP contribution in [0.1, 0.15) is 50.4 Å². The Morgan fingerprint density at radius 2 is 1.91 bits per heavy atom. The molecule has 0 aliphatic carbocycles. The standard InChI is InChI=1S/C18H28N2O3/c1-5-6-9-12(2)23-18(22)16(13(3)19)17(21)14-10-7-8-11-15(14)20-4/h7-8,10-13,16,20H,5-6,9,19H2,1-4H3. The normalized spacial score (nSPS) is 14.7. The van der Waals surface area contributed by atoms with Gasteiger partial charge in [0.15, 0.2) is 5.78 Å². The highest BCUT2D eigenvalue weighted by molar-refractivity contribution is 6.12. The summed E-state index contributed by atoms with van der Waals surface area (Å²) >= 11 is 0. The number of carbonyl (C=O) groups excluding carboxylic acids is 2. The SMILES string of the molecule is CCCCC(C)OC(=O)C(C(=O)c1ccccc1NC)C(C)N. The van der Waals surface area contributed by atoms with Crippen molar-refractivity contribution < 1.29 is 14.3 Å². The fourth-order valence-corrected chi connectivity index (χ4v) is 2.47. The van der Waals surface area contributed by atoms with Crippen LogP contribution in [0.5, 0.6) is 0 Å². The Bertz CT molecular complexity index is 529. The number of para-hydroxylation sites is 1. The summed E-state index contributed by atoms with van der Waals surface area (Å²) in [6, 6.07) is 6.46. The molecule has 5 nitrogen and oxygen atoms in total. The van der Waals surface area contributed by atoms with Crippen molar-refractivity contribution in [3.05, 3.63) is 29.8 Å². The van der Waals surface area contributed by atoms with Crippen molar-refractivity contribution in [1.82, 2.24) is 0 Å². The number of anilines is 1. The van der Waals surface area contributed by atoms with Crippen LogP contribution in [0.3, 0.4) is 0 Å². The number of hydrogen-bond acceptors (Lipinski definition) is 5. The number of benzene rings is 1. The van der Waals surface area contributed by atoms with Crippen molar-refractivity contribution in [3.63, 3.8) is 0 Å². The van der Waals surface area contributed by atoms with Crippen molar-refractivity contribution in [2.45, 2.75) is 52.2 Å². The average molecular weight is 320 g/mol. The van der Waals surface area contributed by atoms with E-state index in [2.05, 4.69) is 12.2 Å². The number of unbranched alkanes of at least 4 members (excludes halogenated alkanes) is 1. The monoisotopic (exact) mass is 320 g/mol. The first kappa shape index (κ1) is 19.2. The van der Waals surface area contributed by atoms with E-state index < -0.39 is 17.9 Å². The molecular weight excluding hydrogens is 292 g/mol. The summed E-state index contributed by atoms with van der Waals surface area (Å²) in [5.74, 6) is -1.84. The van der Waals surface area contributed by atoms with Crippen LogP contribution in [-0.2, 0) is 9.53 Å². The van der Waals surface area contributed by atoms with Gasteiger partial charge < -0.3 is 15.8 Å². The number of esters is 1. The lowest BCUT2D eigenvalue weighted by atomic mass is 9.91. The highest BCUT2D eigenvalue weighted by atomic mass is 16.5. The molecule has 0 spiro atoms. The molecular formula is C18H28N2O3. The number of ether oxygens (including phenoxy) is 1. The zero-order valence-corrected chi connectivity index (χ0v) is 14.5. The fourth-order valence-electron chi connectivity index (χ4n) is 2.47. The molecule has 5 heteroatoms. The largest absolute Gasteiger partial charge is 0.462 e. The third-order valence-corrected chi connectivity index (χ3v) is 3.81. The third kappa shape index (κ3) is 5.36. The first-order chi connectivity index (χ1) is 10.9. The van der Waals surface area contributed by atoms with Gasteiger partial charge in [-0.05, 0) is 32.4 Å². The second-order valence-corrected chi connectivity index (χ2v) is 5.89. The maximum atomic E-state index is 12.8. The van der Waals surface area contributed by atoms with Crippen LogP contribution in [0.4, 0.5) is 5.69 Å². The van der Waals surface area contributed by atoms with Crippen LogP contribution in [0.25, 0.3) is 0 Å². The average Bonchev–Trinajstić information content (AvgIpc) is 2.52. The number of hydrogen-bond donors (Lipinski definition) is 2. The summed E-state index contributed by atoms with van der Waals surface area (Å²) in [6.45, 7) is 5.58. The Balaban J connectivity index is 2.93. The van der Waals surface area contributed by atoms with Crippen LogP contribution in [0, 0.1) is 5.92 Å². The number of Topliss-reactive ketones (excluding diaryl/α,β-unsaturated/α-hetero) is 1. The molecule has 1 aromatic carbocycles. The molecule has 3 unspecified atom stereocenters. The first-order valence-electron chi connectivity index (χ1n) is 8.19. The summed E-state index contributed by atoms with van der Waals surface area (Å²) in [6.07, 6.45) is 2.59. The van der Waals surface area contributed by atoms with Gasteiger partial charge >= 0.3 is 5.97 Å². The molecule has 23 heavy (non-hydrogen) atoms. The number of rotatable bonds is 9. The topological polar surface area (TPSA) is 81.4 Å². The van der Waals surface area contributed by atoms with E-state index in [-0.39, 0.29) is 11.9 Å². The van der Waals surface area contributed by atoms with Gasteiger partial charge in [-0.2, -0.15) is 0 Å². The van der Waals surface area contributed by atoms with Crippen molar-refractivity contribution in [1.29, 1.82) is 0 Å². The highest BCUT2D eigenvalue weighted by Crippen LogP contribution is 2.21. The minimum Gasteiger partial charge on any atom is -0.462 e. The lowest BCUT2D eigenvalue weighted by Crippen LogP contribution is -2.41. The number of nitrogens with one attached hydrogen (secondary N) is 1. The molecule has 0 radical (unpaired) electrons. The minimum absolute atomic E-state index is 0.212. The van der Waals surface area contributed by atoms with E-state index in [1.54, 1.807) is 32.2 Å². The summed E-state index contributed by atoms with van der Waals surface area (Å²) in [5, 5.41) is 2.96. The fraction of sp³-hybridized carbons (Fsp3) is 0.556. The second-order valence-electron chi connectivity index (χ2n) is 5.89. The Hall–Kier alpha value is -1.88. The summed E-state index contributed by atoms with van der Waals surface area (Å²) in [7, 11) is 1.73. The van der Waals surface area contributed by atoms with E-state index in [4.69, 9.17) is 10.5 Å². The molecule has 0 heterocycles. The lowest BCUT2D eigenvalue weighted by Gasteiger charge is -2.22. The smallest absolute Gasteiger partial charge is 0.318 e. The molecule has 128 valence electrons. The lowest BCUT2D eigenvalue weighted by molar-refractivity contribution is -0.152. The van der Waals surface area contributed by atoms with Gasteiger partial charge in [-0.3, -0.25) is 9.59 Å². The van der Waals surface area contributed by atoms with E-state index >= 15 is 0 Å². The van der Waals surface area contributed by atoms with Gasteiger partial charge in [-0.15, -0.1) is 0 Å². The second kappa shape index (κ2) is 9.30. The number of carbonyl (C=O) groups is 2. The van der Waals surface area contributed by atoms with Gasteiger partial charge in [0.25, 0.3) is 0 Å². The molecule has 3 N–H and O–H groups in total. The zero-order valence-electron chi connectivity index (χ0n) is 14.5. The molecule has 0 fully saturated rings. The summed E-state index contributed by atoms with van der Waals surface area (Å²) in [5.41, 5.74) is 7.03. The van der Waals surface area contributed by atoms with Gasteiger partial charge in [0.2, 0.25) is 0 Å². The number of nitrogens with two attached hydrogens (primary N) is 1. The van der Waals surface area contributed by atoms with E-state index in [1.807, 2.05) is 13.0 Å². The zero-order chi connectivity index (χ0) is 17.4. The van der Waals surface area contributed by atoms with Crippen LogP contribution >= 0.6 is 0 Å². The van der Waals surface area contributed by atoms with Crippen LogP contribution < -0.4 is 11.1 Å². The van der Waals surface area contributed by atoms with Crippen LogP contribution in [-0.4, -0.2) is 30.9 Å². The van der Waals surface area contributed by atoms with Crippen molar-refractivity contribution in [2.75, 3.05) is 12.4 Å². The van der Waals surface area contributed by atoms with Crippen LogP contribution in [0.15, 0.2) is 24.3 Å². The van der Waals surface area contributed by atoms with Crippen LogP contribution in [0.2, 0.25) is 0 Å². The van der Waals surface area contributed by atoms with Gasteiger partial charge in [0.1, 0.15) is 5.92 Å². The molecule has 0 bridgehead atoms. The Kier molecular flexibility index (Phi) is 7.75. The summed E-state index contributed by atoms with van der Waals surface area (Å²) < 4.78 is 5.43. The van der Waals surface area contributed by atoms with Gasteiger partial charge in [-0.1, -0.05) is 31.9 Å². The highest BCUT2D eigenvalue weighted by Gasteiger charge is 2.34. The molecule has 0 aromatic heterocycles. The molecule has 0 saturated carbocycles. The predicted molar refractivity (Wildman–Crippen MR) is 92.5 cm³/mol. The van der Waals surface area contributed by atoms with E-state index in [1.165, 1.54) is 0 Å². The Morgan fingerprint density at radius 1 is 1.26 bits per heavy atom. The predicted octanol–water partition coefficient (Wildman–Crippen LogP) is 3.00. The van der Waals surface area contributed by atoms with Crippen molar-refractivity contribution in [3.8, 4) is 0 Å². The van der Waals surface area contributed by atoms with Crippen molar-refractivity contribution >= 4 is 17.4 Å². The van der Waals surface area contributed by atoms with Crippen molar-refractivity contribution in [2.24, 2.45) is 11.7 Å². The third-order valence-electron chi connectivity index (χ3n) is 3.81. The molecule has 1 aromatic rings. The molecule has 1 rings (SSSR count). The van der Waals surface area contributed by atoms with Gasteiger partial charge in [-0.25, -0.2) is 0 Å². The molecule has 0 aliphatic heterocycles. The maximum absolute atomic E-state index is 12.8. The van der Waals surface area contributed by atoms with E-state index in [0.29, 0.717) is 11.3 Å². The molecule has 0 amide bonds. The molecule has 0 aliphatic rings. The maximum Gasteiger partial charge on any atom is 0.318 e. The summed E-state index contributed by atoms with van der Waals surface area (Å²) in [4.78, 5) is 25.2. The molecule has 0 saturated heterocycles.